The topological polar surface area (TPSA) is 59.1 Å². The van der Waals surface area contributed by atoms with E-state index in [0.29, 0.717) is 6.42 Å². The Morgan fingerprint density at radius 3 is 3.00 bits per heavy atom. The molecule has 0 spiro atoms. The van der Waals surface area contributed by atoms with Crippen LogP contribution in [-0.2, 0) is 6.42 Å². The van der Waals surface area contributed by atoms with E-state index in [1.807, 2.05) is 6.92 Å². The molecular formula is C7H12N2OS. The summed E-state index contributed by atoms with van der Waals surface area (Å²) in [5, 5.41) is 8.85. The zero-order valence-corrected chi connectivity index (χ0v) is 7.27. The van der Waals surface area contributed by atoms with Crippen LogP contribution in [0.15, 0.2) is 11.7 Å². The van der Waals surface area contributed by atoms with Crippen LogP contribution in [-0.4, -0.2) is 22.2 Å². The van der Waals surface area contributed by atoms with E-state index in [1.54, 1.807) is 23.0 Å². The quantitative estimate of drug-likeness (QED) is 0.693. The Morgan fingerprint density at radius 2 is 2.55 bits per heavy atom. The number of aliphatic hydroxyl groups is 1. The fourth-order valence-electron chi connectivity index (χ4n) is 0.783. The first-order valence-electron chi connectivity index (χ1n) is 3.41. The van der Waals surface area contributed by atoms with Crippen molar-refractivity contribution < 1.29 is 5.11 Å². The summed E-state index contributed by atoms with van der Waals surface area (Å²) in [7, 11) is 0. The van der Waals surface area contributed by atoms with Gasteiger partial charge in [0.1, 0.15) is 0 Å². The van der Waals surface area contributed by atoms with Crippen molar-refractivity contribution in [2.24, 2.45) is 5.73 Å². The Labute approximate surface area is 69.9 Å². The van der Waals surface area contributed by atoms with Crippen LogP contribution in [0.25, 0.3) is 0 Å². The second-order valence-corrected chi connectivity index (χ2v) is 3.93. The Bertz CT molecular complexity index is 208. The molecule has 0 aliphatic rings. The standard InChI is InChI=1S/C7H12N2OS/c1-7(8,4-10)2-6-3-9-5-11-6/h3,5,10H,2,4,8H2,1H3. The fraction of sp³-hybridized carbons (Fsp3) is 0.571. The van der Waals surface area contributed by atoms with Crippen LogP contribution in [0.2, 0.25) is 0 Å². The van der Waals surface area contributed by atoms with E-state index in [9.17, 15) is 0 Å². The maximum absolute atomic E-state index is 8.85. The highest BCUT2D eigenvalue weighted by molar-refractivity contribution is 7.09. The van der Waals surface area contributed by atoms with E-state index in [2.05, 4.69) is 4.98 Å². The van der Waals surface area contributed by atoms with Gasteiger partial charge in [-0.25, -0.2) is 0 Å². The summed E-state index contributed by atoms with van der Waals surface area (Å²) in [6.07, 6.45) is 2.47. The molecule has 0 aliphatic heterocycles. The van der Waals surface area contributed by atoms with Crippen molar-refractivity contribution in [3.63, 3.8) is 0 Å². The van der Waals surface area contributed by atoms with Gasteiger partial charge >= 0.3 is 0 Å². The minimum atomic E-state index is -0.507. The minimum Gasteiger partial charge on any atom is -0.394 e. The maximum Gasteiger partial charge on any atom is 0.0794 e. The number of hydrogen-bond donors (Lipinski definition) is 2. The van der Waals surface area contributed by atoms with E-state index in [0.717, 1.165) is 4.88 Å². The third-order valence-electron chi connectivity index (χ3n) is 1.42. The molecule has 0 saturated carbocycles. The number of aromatic nitrogens is 1. The first-order chi connectivity index (χ1) is 5.14. The molecule has 0 aromatic carbocycles. The molecule has 1 heterocycles. The van der Waals surface area contributed by atoms with Crippen molar-refractivity contribution in [1.29, 1.82) is 0 Å². The molecule has 0 fully saturated rings. The molecule has 0 radical (unpaired) electrons. The number of hydrogen-bond acceptors (Lipinski definition) is 4. The molecule has 0 amide bonds. The molecule has 62 valence electrons. The average Bonchev–Trinajstić information content (AvgIpc) is 2.39. The van der Waals surface area contributed by atoms with E-state index < -0.39 is 5.54 Å². The van der Waals surface area contributed by atoms with Crippen molar-refractivity contribution in [3.8, 4) is 0 Å². The van der Waals surface area contributed by atoms with Gasteiger partial charge in [0.2, 0.25) is 0 Å². The summed E-state index contributed by atoms with van der Waals surface area (Å²) < 4.78 is 0. The molecule has 3 N–H and O–H groups in total. The molecule has 1 unspecified atom stereocenters. The summed E-state index contributed by atoms with van der Waals surface area (Å²) >= 11 is 1.56. The van der Waals surface area contributed by atoms with Crippen molar-refractivity contribution in [2.45, 2.75) is 18.9 Å². The van der Waals surface area contributed by atoms with Crippen LogP contribution in [0.1, 0.15) is 11.8 Å². The summed E-state index contributed by atoms with van der Waals surface area (Å²) in [5.74, 6) is 0. The van der Waals surface area contributed by atoms with Crippen molar-refractivity contribution >= 4 is 11.3 Å². The van der Waals surface area contributed by atoms with E-state index in [1.165, 1.54) is 0 Å². The molecule has 4 heteroatoms. The SMILES string of the molecule is CC(N)(CO)Cc1cncs1. The summed E-state index contributed by atoms with van der Waals surface area (Å²) in [5.41, 5.74) is 7.00. The molecule has 1 atom stereocenters. The van der Waals surface area contributed by atoms with Gasteiger partial charge in [-0.3, -0.25) is 4.98 Å². The third kappa shape index (κ3) is 2.57. The first-order valence-corrected chi connectivity index (χ1v) is 4.29. The van der Waals surface area contributed by atoms with Crippen LogP contribution in [0.4, 0.5) is 0 Å². The second-order valence-electron chi connectivity index (χ2n) is 2.96. The molecule has 1 aromatic rings. The van der Waals surface area contributed by atoms with Crippen molar-refractivity contribution in [2.75, 3.05) is 6.61 Å². The van der Waals surface area contributed by atoms with Gasteiger partial charge in [-0.2, -0.15) is 0 Å². The van der Waals surface area contributed by atoms with E-state index >= 15 is 0 Å². The molecule has 0 aliphatic carbocycles. The van der Waals surface area contributed by atoms with E-state index in [4.69, 9.17) is 10.8 Å². The Hall–Kier alpha value is -0.450. The van der Waals surface area contributed by atoms with Crippen LogP contribution in [0, 0.1) is 0 Å². The van der Waals surface area contributed by atoms with Gasteiger partial charge in [-0.05, 0) is 6.92 Å². The average molecular weight is 172 g/mol. The van der Waals surface area contributed by atoms with Gasteiger partial charge in [0.15, 0.2) is 0 Å². The highest BCUT2D eigenvalue weighted by Gasteiger charge is 2.17. The Kier molecular flexibility index (Phi) is 2.59. The third-order valence-corrected chi connectivity index (χ3v) is 2.20. The number of rotatable bonds is 3. The molecule has 3 nitrogen and oxygen atoms in total. The zero-order chi connectivity index (χ0) is 8.32. The normalized spacial score (nSPS) is 16.3. The zero-order valence-electron chi connectivity index (χ0n) is 6.45. The number of nitrogens with two attached hydrogens (primary N) is 1. The largest absolute Gasteiger partial charge is 0.394 e. The molecule has 0 saturated heterocycles. The number of thiazole rings is 1. The van der Waals surface area contributed by atoms with Gasteiger partial charge < -0.3 is 10.8 Å². The molecular weight excluding hydrogens is 160 g/mol. The van der Waals surface area contributed by atoms with Crippen LogP contribution >= 0.6 is 11.3 Å². The fourth-order valence-corrected chi connectivity index (χ4v) is 1.58. The summed E-state index contributed by atoms with van der Waals surface area (Å²) in [6, 6.07) is 0. The first kappa shape index (κ1) is 8.64. The lowest BCUT2D eigenvalue weighted by Gasteiger charge is -2.19. The Morgan fingerprint density at radius 1 is 1.82 bits per heavy atom. The maximum atomic E-state index is 8.85. The highest BCUT2D eigenvalue weighted by atomic mass is 32.1. The summed E-state index contributed by atoms with van der Waals surface area (Å²) in [4.78, 5) is 5.04. The lowest BCUT2D eigenvalue weighted by molar-refractivity contribution is 0.209. The molecule has 11 heavy (non-hydrogen) atoms. The molecule has 0 bridgehead atoms. The summed E-state index contributed by atoms with van der Waals surface area (Å²) in [6.45, 7) is 1.83. The monoisotopic (exact) mass is 172 g/mol. The smallest absolute Gasteiger partial charge is 0.0794 e. The van der Waals surface area contributed by atoms with Crippen LogP contribution in [0.3, 0.4) is 0 Å². The van der Waals surface area contributed by atoms with Gasteiger partial charge in [0.05, 0.1) is 12.1 Å². The van der Waals surface area contributed by atoms with Crippen LogP contribution in [0.5, 0.6) is 0 Å². The minimum absolute atomic E-state index is 0.00486. The predicted molar refractivity (Wildman–Crippen MR) is 45.5 cm³/mol. The number of aliphatic hydroxyl groups excluding tert-OH is 1. The molecule has 1 aromatic heterocycles. The second kappa shape index (κ2) is 3.30. The van der Waals surface area contributed by atoms with Crippen molar-refractivity contribution in [1.82, 2.24) is 4.98 Å². The molecule has 1 rings (SSSR count). The van der Waals surface area contributed by atoms with Gasteiger partial charge in [0.25, 0.3) is 0 Å². The highest BCUT2D eigenvalue weighted by Crippen LogP contribution is 2.13. The van der Waals surface area contributed by atoms with Gasteiger partial charge in [-0.15, -0.1) is 11.3 Å². The van der Waals surface area contributed by atoms with Gasteiger partial charge in [-0.1, -0.05) is 0 Å². The van der Waals surface area contributed by atoms with E-state index in [-0.39, 0.29) is 6.61 Å². The van der Waals surface area contributed by atoms with Crippen LogP contribution < -0.4 is 5.73 Å². The Balaban J connectivity index is 2.56. The number of nitrogens with zero attached hydrogens (tertiary/aromatic N) is 1. The predicted octanol–water partition coefficient (Wildman–Crippen LogP) is 0.395. The lowest BCUT2D eigenvalue weighted by atomic mass is 10.0. The van der Waals surface area contributed by atoms with Crippen molar-refractivity contribution in [3.05, 3.63) is 16.6 Å². The lowest BCUT2D eigenvalue weighted by Crippen LogP contribution is -2.42. The van der Waals surface area contributed by atoms with Gasteiger partial charge in [0, 0.05) is 23.0 Å².